The van der Waals surface area contributed by atoms with Gasteiger partial charge in [-0.05, 0) is 0 Å². The Morgan fingerprint density at radius 3 is 1.60 bits per heavy atom. The van der Waals surface area contributed by atoms with E-state index in [4.69, 9.17) is 28.4 Å². The van der Waals surface area contributed by atoms with E-state index in [2.05, 4.69) is 26.8 Å². The molecule has 0 bridgehead atoms. The molecule has 0 aromatic heterocycles. The third-order valence-electron chi connectivity index (χ3n) is 8.13. The number of hydrogen-bond donors (Lipinski definition) is 0. The zero-order valence-corrected chi connectivity index (χ0v) is 29.9. The summed E-state index contributed by atoms with van der Waals surface area (Å²) in [5, 5.41) is 0. The molecule has 1 saturated heterocycles. The van der Waals surface area contributed by atoms with Gasteiger partial charge in [0.2, 0.25) is 0 Å². The summed E-state index contributed by atoms with van der Waals surface area (Å²) in [4.78, 5) is 36.5. The fourth-order valence-electron chi connectivity index (χ4n) is 6.15. The number of ether oxygens (including phenoxy) is 6. The number of hydrogen-bond acceptors (Lipinski definition) is 9. The van der Waals surface area contributed by atoms with Gasteiger partial charge >= 0.3 is 257 Å². The second-order valence-electron chi connectivity index (χ2n) is 11.4. The van der Waals surface area contributed by atoms with Crippen molar-refractivity contribution in [1.82, 2.24) is 0 Å². The van der Waals surface area contributed by atoms with Gasteiger partial charge in [-0.15, -0.1) is 0 Å². The number of carbonyl (C=O) groups is 3. The van der Waals surface area contributed by atoms with Crippen molar-refractivity contribution in [3.05, 3.63) is 17.7 Å². The van der Waals surface area contributed by atoms with Crippen molar-refractivity contribution in [2.45, 2.75) is 131 Å². The number of benzene rings is 1. The maximum absolute atomic E-state index is 12.3. The predicted molar refractivity (Wildman–Crippen MR) is 164 cm³/mol. The molecule has 0 N–H and O–H groups in total. The van der Waals surface area contributed by atoms with E-state index in [-0.39, 0.29) is 0 Å². The second-order valence-corrected chi connectivity index (χ2v) is 24.5. The summed E-state index contributed by atoms with van der Waals surface area (Å²) in [6, 6.07) is 4.09. The number of methoxy groups -OCH3 is 2. The molecule has 1 aliphatic heterocycles. The monoisotopic (exact) mass is 700 g/mol. The van der Waals surface area contributed by atoms with E-state index < -0.39 is 66.8 Å². The third-order valence-corrected chi connectivity index (χ3v) is 23.7. The summed E-state index contributed by atoms with van der Waals surface area (Å²) in [5.74, 6) is -0.333. The van der Waals surface area contributed by atoms with Crippen LogP contribution < -0.4 is 13.1 Å². The average molecular weight is 699 g/mol. The fourth-order valence-corrected chi connectivity index (χ4v) is 22.7. The Labute approximate surface area is 256 Å². The molecule has 1 heterocycles. The summed E-state index contributed by atoms with van der Waals surface area (Å²) in [6.07, 6.45) is 2.31. The van der Waals surface area contributed by atoms with Crippen LogP contribution in [-0.2, 0) is 33.3 Å². The Kier molecular flexibility index (Phi) is 14.9. The van der Waals surface area contributed by atoms with E-state index in [0.29, 0.717) is 11.3 Å². The van der Waals surface area contributed by atoms with Crippen LogP contribution in [0.1, 0.15) is 98.7 Å². The maximum atomic E-state index is 12.3. The molecule has 1 fully saturated rings. The van der Waals surface area contributed by atoms with Gasteiger partial charge in [-0.1, -0.05) is 0 Å². The van der Waals surface area contributed by atoms with E-state index in [1.54, 1.807) is 21.1 Å². The molecule has 238 valence electrons. The van der Waals surface area contributed by atoms with Gasteiger partial charge in [0.15, 0.2) is 0 Å². The van der Waals surface area contributed by atoms with Crippen molar-refractivity contribution < 1.29 is 42.8 Å². The zero-order valence-electron chi connectivity index (χ0n) is 27.1. The number of esters is 3. The number of carbonyl (C=O) groups excluding carboxylic acids is 3. The third kappa shape index (κ3) is 9.24. The van der Waals surface area contributed by atoms with Crippen LogP contribution >= 0.6 is 0 Å². The van der Waals surface area contributed by atoms with Crippen LogP contribution in [0.25, 0.3) is 0 Å². The summed E-state index contributed by atoms with van der Waals surface area (Å²) < 4.78 is 40.5. The van der Waals surface area contributed by atoms with Gasteiger partial charge in [-0.25, -0.2) is 0 Å². The first-order valence-electron chi connectivity index (χ1n) is 15.4. The first kappa shape index (κ1) is 36.2. The zero-order chi connectivity index (χ0) is 31.4. The van der Waals surface area contributed by atoms with Gasteiger partial charge in [0.25, 0.3) is 0 Å². The molecule has 5 atom stereocenters. The molecule has 9 nitrogen and oxygen atoms in total. The summed E-state index contributed by atoms with van der Waals surface area (Å²) in [6.45, 7) is 12.3. The Bertz CT molecular complexity index is 1020. The minimum atomic E-state index is -2.98. The van der Waals surface area contributed by atoms with E-state index >= 15 is 0 Å². The van der Waals surface area contributed by atoms with Crippen molar-refractivity contribution >= 4 is 39.9 Å². The molecule has 1 aliphatic rings. The summed E-state index contributed by atoms with van der Waals surface area (Å²) >= 11 is -2.98. The van der Waals surface area contributed by atoms with Crippen molar-refractivity contribution in [2.75, 3.05) is 14.2 Å². The molecule has 42 heavy (non-hydrogen) atoms. The van der Waals surface area contributed by atoms with Crippen molar-refractivity contribution in [3.8, 4) is 11.5 Å². The minimum absolute atomic E-state index is 0.564. The van der Waals surface area contributed by atoms with Gasteiger partial charge in [-0.3, -0.25) is 0 Å². The topological polar surface area (TPSA) is 107 Å². The second kappa shape index (κ2) is 17.3. The van der Waals surface area contributed by atoms with Gasteiger partial charge in [-0.2, -0.15) is 0 Å². The van der Waals surface area contributed by atoms with E-state index in [1.165, 1.54) is 56.9 Å². The van der Waals surface area contributed by atoms with Gasteiger partial charge in [0, 0.05) is 0 Å². The number of unbranched alkanes of at least 4 members (excludes halogenated alkanes) is 3. The quantitative estimate of drug-likeness (QED) is 0.117. The molecule has 2 rings (SSSR count). The molecule has 0 amide bonds. The Morgan fingerprint density at radius 2 is 1.17 bits per heavy atom. The summed E-state index contributed by atoms with van der Waals surface area (Å²) in [7, 11) is 3.31. The number of rotatable bonds is 16. The molecule has 0 spiro atoms. The molecule has 0 saturated carbocycles. The molecular formula is C32H52O9Sn. The predicted octanol–water partition coefficient (Wildman–Crippen LogP) is 6.01. The Hall–Kier alpha value is -2.01. The van der Waals surface area contributed by atoms with Crippen LogP contribution in [0.2, 0.25) is 13.3 Å². The molecule has 1 aromatic carbocycles. The Morgan fingerprint density at radius 1 is 0.714 bits per heavy atom. The van der Waals surface area contributed by atoms with E-state index in [9.17, 15) is 14.4 Å². The SMILES string of the molecule is CCC[CH2][Sn]([CH2]CCC)([CH2]CCC)[c]1cc(OC)c([C@H]2O[C@@H](C)[C@H](OC(C)=O)[C@@H](OC(C)=O)[C@H]2OC(C)=O)cc1OC. The van der Waals surface area contributed by atoms with E-state index in [0.717, 1.165) is 25.0 Å². The van der Waals surface area contributed by atoms with Crippen LogP contribution in [0.3, 0.4) is 0 Å². The van der Waals surface area contributed by atoms with Gasteiger partial charge < -0.3 is 0 Å². The molecule has 0 unspecified atom stereocenters. The molecule has 0 radical (unpaired) electrons. The first-order valence-corrected chi connectivity index (χ1v) is 22.9. The molecule has 10 heteroatoms. The first-order chi connectivity index (χ1) is 20.0. The van der Waals surface area contributed by atoms with Crippen LogP contribution in [0.15, 0.2) is 12.1 Å². The van der Waals surface area contributed by atoms with E-state index in [1.807, 2.05) is 6.07 Å². The van der Waals surface area contributed by atoms with Crippen LogP contribution in [0.5, 0.6) is 11.5 Å². The molecular weight excluding hydrogens is 647 g/mol. The molecule has 0 aliphatic carbocycles. The summed E-state index contributed by atoms with van der Waals surface area (Å²) in [5.41, 5.74) is 0.622. The van der Waals surface area contributed by atoms with Gasteiger partial charge in [0.05, 0.1) is 0 Å². The van der Waals surface area contributed by atoms with Crippen LogP contribution in [0, 0.1) is 0 Å². The van der Waals surface area contributed by atoms with Crippen LogP contribution in [0.4, 0.5) is 0 Å². The normalized spacial score (nSPS) is 22.3. The average Bonchev–Trinajstić information content (AvgIpc) is 2.94. The molecule has 1 aromatic rings. The van der Waals surface area contributed by atoms with Crippen molar-refractivity contribution in [1.29, 1.82) is 0 Å². The van der Waals surface area contributed by atoms with Crippen molar-refractivity contribution in [2.24, 2.45) is 0 Å². The van der Waals surface area contributed by atoms with Crippen molar-refractivity contribution in [3.63, 3.8) is 0 Å². The Balaban J connectivity index is 2.78. The fraction of sp³-hybridized carbons (Fsp3) is 0.719. The van der Waals surface area contributed by atoms with Gasteiger partial charge in [0.1, 0.15) is 0 Å². The standard InChI is InChI=1S/C20H25O9.3C4H9.Sn/c1-10-17(27-11(2)21)19(28-12(3)22)20(29-13(4)23)18(26-10)15-9-14(24-5)7-8-16(15)25-6;3*1-3-4-2;/h8-10,17-20H,1-6H3;3*1,3-4H2,2H3;/t10-,17-,18+,19+,20-;;;;/m0..../s1. The van der Waals surface area contributed by atoms with Crippen LogP contribution in [-0.4, -0.2) is 74.9 Å².